The molecule has 1 heterocycles. The van der Waals surface area contributed by atoms with Gasteiger partial charge in [-0.2, -0.15) is 5.10 Å². The maximum atomic E-state index is 4.76. The van der Waals surface area contributed by atoms with Gasteiger partial charge >= 0.3 is 0 Å². The molecule has 0 aliphatic rings. The molecule has 1 aromatic heterocycles. The van der Waals surface area contributed by atoms with Crippen LogP contribution in [0.1, 0.15) is 61.8 Å². The Bertz CT molecular complexity index is 658. The van der Waals surface area contributed by atoms with Crippen molar-refractivity contribution in [2.75, 3.05) is 0 Å². The van der Waals surface area contributed by atoms with Crippen molar-refractivity contribution in [3.8, 4) is 11.1 Å². The molecule has 0 aliphatic heterocycles. The van der Waals surface area contributed by atoms with Gasteiger partial charge in [-0.25, -0.2) is 0 Å². The van der Waals surface area contributed by atoms with Crippen LogP contribution in [0.25, 0.3) is 11.1 Å². The topological polar surface area (TPSA) is 17.8 Å². The van der Waals surface area contributed by atoms with Crippen LogP contribution in [0, 0.1) is 33.6 Å². The Morgan fingerprint density at radius 2 is 1.43 bits per heavy atom. The van der Waals surface area contributed by atoms with Crippen molar-refractivity contribution in [3.63, 3.8) is 0 Å². The standard InChI is InChI=1S/C20H30N2.Pd/c1-12(2)9-18-10-14(5)19(15(6)11-18)20-16(7)21-22(13(3)4)17(20)8;/h10-13H,9H2,1-8H3;. The minimum absolute atomic E-state index is 0. The van der Waals surface area contributed by atoms with E-state index in [1.165, 1.54) is 33.5 Å². The Balaban J connectivity index is 0.00000264. The average Bonchev–Trinajstić information content (AvgIpc) is 2.65. The third-order valence-electron chi connectivity index (χ3n) is 4.30. The van der Waals surface area contributed by atoms with E-state index in [1.54, 1.807) is 0 Å². The summed E-state index contributed by atoms with van der Waals surface area (Å²) in [6.07, 6.45) is 1.14. The minimum atomic E-state index is 0. The third kappa shape index (κ3) is 4.14. The van der Waals surface area contributed by atoms with E-state index in [1.807, 2.05) is 0 Å². The molecule has 0 aliphatic carbocycles. The van der Waals surface area contributed by atoms with E-state index in [2.05, 4.69) is 72.2 Å². The molecule has 0 unspecified atom stereocenters. The van der Waals surface area contributed by atoms with Crippen LogP contribution >= 0.6 is 0 Å². The fourth-order valence-electron chi connectivity index (χ4n) is 3.56. The summed E-state index contributed by atoms with van der Waals surface area (Å²) in [6, 6.07) is 5.11. The zero-order valence-corrected chi connectivity index (χ0v) is 17.3. The smallest absolute Gasteiger partial charge is 0.0675 e. The van der Waals surface area contributed by atoms with Gasteiger partial charge < -0.3 is 0 Å². The summed E-state index contributed by atoms with van der Waals surface area (Å²) in [5, 5.41) is 4.76. The molecule has 2 nitrogen and oxygen atoms in total. The molecule has 0 amide bonds. The second-order valence-electron chi connectivity index (χ2n) is 7.29. The predicted octanol–water partition coefficient (Wildman–Crippen LogP) is 5.56. The second kappa shape index (κ2) is 7.78. The van der Waals surface area contributed by atoms with Gasteiger partial charge in [0.25, 0.3) is 0 Å². The quantitative estimate of drug-likeness (QED) is 0.610. The summed E-state index contributed by atoms with van der Waals surface area (Å²) in [4.78, 5) is 0. The van der Waals surface area contributed by atoms with Gasteiger partial charge in [-0.05, 0) is 76.1 Å². The third-order valence-corrected chi connectivity index (χ3v) is 4.30. The maximum Gasteiger partial charge on any atom is 0.0675 e. The number of hydrogen-bond acceptors (Lipinski definition) is 1. The van der Waals surface area contributed by atoms with Crippen LogP contribution in [0.5, 0.6) is 0 Å². The van der Waals surface area contributed by atoms with Crippen LogP contribution in [0.15, 0.2) is 12.1 Å². The van der Waals surface area contributed by atoms with E-state index >= 15 is 0 Å². The van der Waals surface area contributed by atoms with Crippen LogP contribution in [0.3, 0.4) is 0 Å². The first kappa shape index (κ1) is 20.1. The van der Waals surface area contributed by atoms with E-state index in [4.69, 9.17) is 5.10 Å². The van der Waals surface area contributed by atoms with E-state index < -0.39 is 0 Å². The Morgan fingerprint density at radius 3 is 1.83 bits per heavy atom. The molecule has 0 bridgehead atoms. The Labute approximate surface area is 155 Å². The van der Waals surface area contributed by atoms with Gasteiger partial charge in [-0.15, -0.1) is 0 Å². The van der Waals surface area contributed by atoms with Crippen LogP contribution in [-0.2, 0) is 26.8 Å². The van der Waals surface area contributed by atoms with E-state index in [9.17, 15) is 0 Å². The van der Waals surface area contributed by atoms with Crippen molar-refractivity contribution >= 4 is 0 Å². The van der Waals surface area contributed by atoms with Crippen molar-refractivity contribution in [3.05, 3.63) is 40.2 Å². The van der Waals surface area contributed by atoms with Crippen LogP contribution in [0.2, 0.25) is 0 Å². The van der Waals surface area contributed by atoms with Gasteiger partial charge in [0.15, 0.2) is 0 Å². The predicted molar refractivity (Wildman–Crippen MR) is 95.5 cm³/mol. The maximum absolute atomic E-state index is 4.76. The Kier molecular flexibility index (Phi) is 6.81. The van der Waals surface area contributed by atoms with E-state index in [0.29, 0.717) is 12.0 Å². The summed E-state index contributed by atoms with van der Waals surface area (Å²) in [5.41, 5.74) is 9.27. The molecule has 0 spiro atoms. The van der Waals surface area contributed by atoms with E-state index in [-0.39, 0.29) is 20.4 Å². The fourth-order valence-corrected chi connectivity index (χ4v) is 3.56. The number of hydrogen-bond donors (Lipinski definition) is 0. The van der Waals surface area contributed by atoms with Crippen molar-refractivity contribution in [1.82, 2.24) is 9.78 Å². The van der Waals surface area contributed by atoms with Gasteiger partial charge in [0.1, 0.15) is 0 Å². The molecule has 2 rings (SSSR count). The van der Waals surface area contributed by atoms with E-state index in [0.717, 1.165) is 12.1 Å². The molecule has 0 saturated heterocycles. The van der Waals surface area contributed by atoms with Crippen molar-refractivity contribution in [2.45, 2.75) is 67.9 Å². The van der Waals surface area contributed by atoms with Crippen LogP contribution in [0.4, 0.5) is 0 Å². The molecule has 130 valence electrons. The number of aryl methyl sites for hydroxylation is 3. The first-order valence-corrected chi connectivity index (χ1v) is 8.38. The molecule has 0 fully saturated rings. The van der Waals surface area contributed by atoms with Gasteiger partial charge in [-0.3, -0.25) is 4.68 Å². The van der Waals surface area contributed by atoms with Crippen molar-refractivity contribution < 1.29 is 20.4 Å². The van der Waals surface area contributed by atoms with Crippen molar-refractivity contribution in [1.29, 1.82) is 0 Å². The zero-order valence-electron chi connectivity index (χ0n) is 15.7. The fraction of sp³-hybridized carbons (Fsp3) is 0.550. The number of aromatic nitrogens is 2. The van der Waals surface area contributed by atoms with Gasteiger partial charge in [-0.1, -0.05) is 26.0 Å². The summed E-state index contributed by atoms with van der Waals surface area (Å²) >= 11 is 0. The summed E-state index contributed by atoms with van der Waals surface area (Å²) in [7, 11) is 0. The molecule has 0 N–H and O–H groups in total. The number of nitrogens with zero attached hydrogens (tertiary/aromatic N) is 2. The molecule has 23 heavy (non-hydrogen) atoms. The van der Waals surface area contributed by atoms with Crippen LogP contribution in [-0.4, -0.2) is 9.78 Å². The Hall–Kier alpha value is -0.908. The van der Waals surface area contributed by atoms with Crippen molar-refractivity contribution in [2.24, 2.45) is 5.92 Å². The first-order chi connectivity index (χ1) is 10.2. The zero-order chi connectivity index (χ0) is 16.6. The summed E-state index contributed by atoms with van der Waals surface area (Å²) in [6.45, 7) is 17.7. The van der Waals surface area contributed by atoms with Gasteiger partial charge in [0.05, 0.1) is 5.69 Å². The first-order valence-electron chi connectivity index (χ1n) is 8.38. The number of benzene rings is 1. The molecule has 0 radical (unpaired) electrons. The van der Waals surface area contributed by atoms with Gasteiger partial charge in [0, 0.05) is 37.7 Å². The molecule has 3 heteroatoms. The number of rotatable bonds is 4. The van der Waals surface area contributed by atoms with Gasteiger partial charge in [0.2, 0.25) is 0 Å². The molecule has 2 aromatic rings. The molecular formula is C20H30N2Pd. The summed E-state index contributed by atoms with van der Waals surface area (Å²) in [5.74, 6) is 0.691. The second-order valence-corrected chi connectivity index (χ2v) is 7.29. The monoisotopic (exact) mass is 404 g/mol. The van der Waals surface area contributed by atoms with Crippen LogP contribution < -0.4 is 0 Å². The molecule has 0 atom stereocenters. The summed E-state index contributed by atoms with van der Waals surface area (Å²) < 4.78 is 2.14. The average molecular weight is 405 g/mol. The Morgan fingerprint density at radius 1 is 0.913 bits per heavy atom. The normalized spacial score (nSPS) is 11.2. The SMILES string of the molecule is Cc1cc(CC(C)C)cc(C)c1-c1c(C)nn(C(C)C)c1C.[Pd]. The minimum Gasteiger partial charge on any atom is -0.266 e. The largest absolute Gasteiger partial charge is 0.266 e. The molecular weight excluding hydrogens is 375 g/mol. The molecule has 0 saturated carbocycles. The molecule has 1 aromatic carbocycles.